The van der Waals surface area contributed by atoms with Crippen molar-refractivity contribution in [1.82, 2.24) is 0 Å². The normalized spacial score (nSPS) is 11.9. The Kier molecular flexibility index (Phi) is 4.42. The standard InChI is InChI=1S/C16H19NO2/c1-3-15(17)14-11-13(9-10-16(14)18-2)19-12-7-5-4-6-8-12/h4-11,15H,3,17H2,1-2H3. The first-order valence-electron chi connectivity index (χ1n) is 6.41. The number of nitrogens with two attached hydrogens (primary N) is 1. The largest absolute Gasteiger partial charge is 0.496 e. The molecule has 0 aliphatic rings. The van der Waals surface area contributed by atoms with Crippen molar-refractivity contribution in [1.29, 1.82) is 0 Å². The molecule has 2 N–H and O–H groups in total. The first-order chi connectivity index (χ1) is 9.24. The van der Waals surface area contributed by atoms with Crippen molar-refractivity contribution in [3.05, 3.63) is 54.1 Å². The number of hydrogen-bond donors (Lipinski definition) is 1. The van der Waals surface area contributed by atoms with Gasteiger partial charge < -0.3 is 15.2 Å². The number of rotatable bonds is 5. The van der Waals surface area contributed by atoms with Gasteiger partial charge >= 0.3 is 0 Å². The average Bonchev–Trinajstić information content (AvgIpc) is 2.47. The molecule has 0 heterocycles. The summed E-state index contributed by atoms with van der Waals surface area (Å²) in [4.78, 5) is 0. The molecule has 0 radical (unpaired) electrons. The van der Waals surface area contributed by atoms with E-state index in [1.54, 1.807) is 7.11 Å². The molecule has 1 atom stereocenters. The van der Waals surface area contributed by atoms with Gasteiger partial charge in [0.05, 0.1) is 7.11 Å². The molecular formula is C16H19NO2. The van der Waals surface area contributed by atoms with Crippen LogP contribution in [0.5, 0.6) is 17.2 Å². The number of para-hydroxylation sites is 1. The number of methoxy groups -OCH3 is 1. The average molecular weight is 257 g/mol. The molecule has 3 heteroatoms. The van der Waals surface area contributed by atoms with Crippen molar-refractivity contribution in [2.75, 3.05) is 7.11 Å². The molecule has 100 valence electrons. The van der Waals surface area contributed by atoms with Crippen LogP contribution < -0.4 is 15.2 Å². The molecule has 3 nitrogen and oxygen atoms in total. The molecule has 0 aromatic heterocycles. The lowest BCUT2D eigenvalue weighted by Crippen LogP contribution is -2.10. The predicted molar refractivity (Wildman–Crippen MR) is 76.7 cm³/mol. The van der Waals surface area contributed by atoms with Gasteiger partial charge in [0.15, 0.2) is 0 Å². The molecule has 2 aromatic rings. The highest BCUT2D eigenvalue weighted by molar-refractivity contribution is 5.43. The molecule has 1 unspecified atom stereocenters. The van der Waals surface area contributed by atoms with Crippen molar-refractivity contribution in [3.8, 4) is 17.2 Å². The molecule has 0 aliphatic heterocycles. The molecule has 0 bridgehead atoms. The first kappa shape index (κ1) is 13.4. The molecule has 0 fully saturated rings. The minimum Gasteiger partial charge on any atom is -0.496 e. The van der Waals surface area contributed by atoms with Gasteiger partial charge in [0.2, 0.25) is 0 Å². The summed E-state index contributed by atoms with van der Waals surface area (Å²) >= 11 is 0. The van der Waals surface area contributed by atoms with E-state index in [1.807, 2.05) is 48.5 Å². The Hall–Kier alpha value is -2.00. The minimum absolute atomic E-state index is 0.0470. The van der Waals surface area contributed by atoms with E-state index < -0.39 is 0 Å². The van der Waals surface area contributed by atoms with Crippen LogP contribution in [-0.2, 0) is 0 Å². The van der Waals surface area contributed by atoms with Gasteiger partial charge in [-0.15, -0.1) is 0 Å². The highest BCUT2D eigenvalue weighted by Gasteiger charge is 2.11. The van der Waals surface area contributed by atoms with Crippen LogP contribution in [0, 0.1) is 0 Å². The third-order valence-corrected chi connectivity index (χ3v) is 3.02. The van der Waals surface area contributed by atoms with Crippen LogP contribution in [0.15, 0.2) is 48.5 Å². The van der Waals surface area contributed by atoms with Gasteiger partial charge in [-0.25, -0.2) is 0 Å². The van der Waals surface area contributed by atoms with Gasteiger partial charge in [0.25, 0.3) is 0 Å². The summed E-state index contributed by atoms with van der Waals surface area (Å²) in [5.41, 5.74) is 7.07. The van der Waals surface area contributed by atoms with E-state index >= 15 is 0 Å². The number of hydrogen-bond acceptors (Lipinski definition) is 3. The number of ether oxygens (including phenoxy) is 2. The maximum Gasteiger partial charge on any atom is 0.128 e. The maximum absolute atomic E-state index is 6.10. The van der Waals surface area contributed by atoms with Crippen LogP contribution in [0.25, 0.3) is 0 Å². The van der Waals surface area contributed by atoms with Crippen molar-refractivity contribution in [3.63, 3.8) is 0 Å². The molecule has 2 aromatic carbocycles. The second-order valence-electron chi connectivity index (χ2n) is 4.33. The lowest BCUT2D eigenvalue weighted by atomic mass is 10.0. The minimum atomic E-state index is -0.0470. The predicted octanol–water partition coefficient (Wildman–Crippen LogP) is 3.90. The van der Waals surface area contributed by atoms with E-state index in [-0.39, 0.29) is 6.04 Å². The fourth-order valence-electron chi connectivity index (χ4n) is 1.91. The second kappa shape index (κ2) is 6.25. The van der Waals surface area contributed by atoms with Crippen molar-refractivity contribution >= 4 is 0 Å². The van der Waals surface area contributed by atoms with E-state index in [0.29, 0.717) is 0 Å². The van der Waals surface area contributed by atoms with E-state index in [2.05, 4.69) is 6.92 Å². The Bertz CT molecular complexity index is 526. The maximum atomic E-state index is 6.10. The van der Waals surface area contributed by atoms with Gasteiger partial charge in [-0.1, -0.05) is 25.1 Å². The van der Waals surface area contributed by atoms with E-state index in [9.17, 15) is 0 Å². The molecule has 0 saturated carbocycles. The zero-order valence-corrected chi connectivity index (χ0v) is 11.3. The van der Waals surface area contributed by atoms with Crippen LogP contribution in [0.2, 0.25) is 0 Å². The van der Waals surface area contributed by atoms with Gasteiger partial charge in [-0.3, -0.25) is 0 Å². The van der Waals surface area contributed by atoms with E-state index in [1.165, 1.54) is 0 Å². The summed E-state index contributed by atoms with van der Waals surface area (Å²) in [6.07, 6.45) is 0.852. The summed E-state index contributed by atoms with van der Waals surface area (Å²) < 4.78 is 11.1. The fourth-order valence-corrected chi connectivity index (χ4v) is 1.91. The van der Waals surface area contributed by atoms with Gasteiger partial charge in [0, 0.05) is 11.6 Å². The third-order valence-electron chi connectivity index (χ3n) is 3.02. The lowest BCUT2D eigenvalue weighted by molar-refractivity contribution is 0.402. The lowest BCUT2D eigenvalue weighted by Gasteiger charge is -2.15. The van der Waals surface area contributed by atoms with Crippen molar-refractivity contribution in [2.24, 2.45) is 5.73 Å². The van der Waals surface area contributed by atoms with Crippen molar-refractivity contribution < 1.29 is 9.47 Å². The zero-order valence-electron chi connectivity index (χ0n) is 11.3. The molecule has 0 amide bonds. The van der Waals surface area contributed by atoms with Gasteiger partial charge in [-0.05, 0) is 36.8 Å². The van der Waals surface area contributed by atoms with Crippen LogP contribution in [0.1, 0.15) is 24.9 Å². The monoisotopic (exact) mass is 257 g/mol. The topological polar surface area (TPSA) is 44.5 Å². The Labute approximate surface area is 114 Å². The third kappa shape index (κ3) is 3.26. The molecule has 0 spiro atoms. The first-order valence-corrected chi connectivity index (χ1v) is 6.41. The summed E-state index contributed by atoms with van der Waals surface area (Å²) in [7, 11) is 1.65. The van der Waals surface area contributed by atoms with Gasteiger partial charge in [-0.2, -0.15) is 0 Å². The number of benzene rings is 2. The molecular weight excluding hydrogens is 238 g/mol. The molecule has 19 heavy (non-hydrogen) atoms. The Morgan fingerprint density at radius 3 is 2.42 bits per heavy atom. The Morgan fingerprint density at radius 2 is 1.79 bits per heavy atom. The zero-order chi connectivity index (χ0) is 13.7. The second-order valence-corrected chi connectivity index (χ2v) is 4.33. The summed E-state index contributed by atoms with van der Waals surface area (Å²) in [5, 5.41) is 0. The van der Waals surface area contributed by atoms with Crippen LogP contribution in [0.4, 0.5) is 0 Å². The van der Waals surface area contributed by atoms with Crippen molar-refractivity contribution in [2.45, 2.75) is 19.4 Å². The molecule has 0 aliphatic carbocycles. The SMILES string of the molecule is CCC(N)c1cc(Oc2ccccc2)ccc1OC. The summed E-state index contributed by atoms with van der Waals surface area (Å²) in [6, 6.07) is 15.4. The summed E-state index contributed by atoms with van der Waals surface area (Å²) in [6.45, 7) is 2.05. The highest BCUT2D eigenvalue weighted by atomic mass is 16.5. The smallest absolute Gasteiger partial charge is 0.128 e. The molecule has 0 saturated heterocycles. The van der Waals surface area contributed by atoms with E-state index in [4.69, 9.17) is 15.2 Å². The van der Waals surface area contributed by atoms with Crippen LogP contribution in [0.3, 0.4) is 0 Å². The van der Waals surface area contributed by atoms with Crippen LogP contribution in [-0.4, -0.2) is 7.11 Å². The van der Waals surface area contributed by atoms with E-state index in [0.717, 1.165) is 29.2 Å². The Morgan fingerprint density at radius 1 is 1.05 bits per heavy atom. The highest BCUT2D eigenvalue weighted by Crippen LogP contribution is 2.31. The Balaban J connectivity index is 2.27. The van der Waals surface area contributed by atoms with Crippen LogP contribution >= 0.6 is 0 Å². The quantitative estimate of drug-likeness (QED) is 0.883. The molecule has 2 rings (SSSR count). The summed E-state index contributed by atoms with van der Waals surface area (Å²) in [5.74, 6) is 2.38. The van der Waals surface area contributed by atoms with Gasteiger partial charge in [0.1, 0.15) is 17.2 Å². The fraction of sp³-hybridized carbons (Fsp3) is 0.250.